The highest BCUT2D eigenvalue weighted by Gasteiger charge is 2.44. The van der Waals surface area contributed by atoms with E-state index in [1.54, 1.807) is 0 Å². The Morgan fingerprint density at radius 1 is 1.26 bits per heavy atom. The third-order valence-electron chi connectivity index (χ3n) is 3.34. The Morgan fingerprint density at radius 3 is 2.68 bits per heavy atom. The summed E-state index contributed by atoms with van der Waals surface area (Å²) in [6.07, 6.45) is 3.47. The maximum Gasteiger partial charge on any atom is 0.377 e. The van der Waals surface area contributed by atoms with Gasteiger partial charge in [0.15, 0.2) is 18.2 Å². The molecule has 0 aromatic carbocycles. The highest BCUT2D eigenvalue weighted by atomic mass is 16.7. The molecule has 0 spiro atoms. The van der Waals surface area contributed by atoms with E-state index in [0.29, 0.717) is 0 Å². The maximum absolute atomic E-state index is 11.1. The van der Waals surface area contributed by atoms with E-state index >= 15 is 0 Å². The van der Waals surface area contributed by atoms with Crippen LogP contribution in [0.1, 0.15) is 39.0 Å². The van der Waals surface area contributed by atoms with Crippen molar-refractivity contribution in [1.29, 1.82) is 0 Å². The number of unbranched alkanes of at least 4 members (excludes halogenated alkanes) is 3. The molecule has 2 aliphatic heterocycles. The van der Waals surface area contributed by atoms with Gasteiger partial charge in [0.2, 0.25) is 5.76 Å². The Balaban J connectivity index is 1.78. The van der Waals surface area contributed by atoms with Crippen molar-refractivity contribution < 1.29 is 29.2 Å². The summed E-state index contributed by atoms with van der Waals surface area (Å²) in [6.45, 7) is 2.39. The third-order valence-corrected chi connectivity index (χ3v) is 3.34. The van der Waals surface area contributed by atoms with Crippen LogP contribution in [0.3, 0.4) is 0 Å². The van der Waals surface area contributed by atoms with Crippen LogP contribution in [0.5, 0.6) is 0 Å². The SMILES string of the molecule is CCCCCC[C@@H]1OC[C@H]([C@H]2OC(=O)C(O)=C2O)O1. The molecule has 6 nitrogen and oxygen atoms in total. The fourth-order valence-electron chi connectivity index (χ4n) is 2.24. The summed E-state index contributed by atoms with van der Waals surface area (Å²) in [6, 6.07) is 0. The smallest absolute Gasteiger partial charge is 0.377 e. The van der Waals surface area contributed by atoms with Crippen molar-refractivity contribution in [1.82, 2.24) is 0 Å². The number of aliphatic hydroxyl groups is 2. The zero-order valence-electron chi connectivity index (χ0n) is 11.0. The predicted molar refractivity (Wildman–Crippen MR) is 65.5 cm³/mol. The zero-order valence-corrected chi connectivity index (χ0v) is 11.0. The number of rotatable bonds is 6. The monoisotopic (exact) mass is 272 g/mol. The lowest BCUT2D eigenvalue weighted by molar-refractivity contribution is -0.149. The summed E-state index contributed by atoms with van der Waals surface area (Å²) in [4.78, 5) is 11.1. The lowest BCUT2D eigenvalue weighted by Crippen LogP contribution is -2.31. The maximum atomic E-state index is 11.1. The Bertz CT molecular complexity index is 364. The topological polar surface area (TPSA) is 85.2 Å². The molecule has 19 heavy (non-hydrogen) atoms. The van der Waals surface area contributed by atoms with Gasteiger partial charge in [-0.1, -0.05) is 26.2 Å². The molecular formula is C13H20O6. The minimum absolute atomic E-state index is 0.244. The van der Waals surface area contributed by atoms with E-state index in [1.165, 1.54) is 12.8 Å². The van der Waals surface area contributed by atoms with Gasteiger partial charge in [-0.05, 0) is 12.8 Å². The molecule has 2 rings (SSSR count). The fourth-order valence-corrected chi connectivity index (χ4v) is 2.24. The Labute approximate surface area is 112 Å². The summed E-state index contributed by atoms with van der Waals surface area (Å²) in [5.74, 6) is -2.12. The van der Waals surface area contributed by atoms with Crippen LogP contribution in [-0.4, -0.2) is 41.3 Å². The van der Waals surface area contributed by atoms with Crippen molar-refractivity contribution >= 4 is 5.97 Å². The van der Waals surface area contributed by atoms with Gasteiger partial charge in [0.05, 0.1) is 6.61 Å². The van der Waals surface area contributed by atoms with E-state index in [0.717, 1.165) is 19.3 Å². The average Bonchev–Trinajstić information content (AvgIpc) is 2.96. The summed E-state index contributed by atoms with van der Waals surface area (Å²) in [7, 11) is 0. The Kier molecular flexibility index (Phi) is 4.66. The second-order valence-corrected chi connectivity index (χ2v) is 4.85. The van der Waals surface area contributed by atoms with Gasteiger partial charge in [0, 0.05) is 0 Å². The quantitative estimate of drug-likeness (QED) is 0.568. The first-order valence-corrected chi connectivity index (χ1v) is 6.73. The second kappa shape index (κ2) is 6.25. The molecule has 108 valence electrons. The van der Waals surface area contributed by atoms with Crippen LogP contribution in [-0.2, 0) is 19.0 Å². The van der Waals surface area contributed by atoms with Gasteiger partial charge in [-0.15, -0.1) is 0 Å². The molecule has 1 fully saturated rings. The first-order chi connectivity index (χ1) is 9.13. The summed E-state index contributed by atoms with van der Waals surface area (Å²) in [5.41, 5.74) is 0. The van der Waals surface area contributed by atoms with Gasteiger partial charge in [-0.25, -0.2) is 4.79 Å². The van der Waals surface area contributed by atoms with Crippen molar-refractivity contribution in [2.75, 3.05) is 6.61 Å². The van der Waals surface area contributed by atoms with E-state index in [2.05, 4.69) is 6.92 Å². The molecule has 0 bridgehead atoms. The molecule has 2 N–H and O–H groups in total. The largest absolute Gasteiger partial charge is 0.505 e. The predicted octanol–water partition coefficient (Wildman–Crippen LogP) is 1.95. The molecule has 1 saturated heterocycles. The van der Waals surface area contributed by atoms with Crippen LogP contribution in [0.2, 0.25) is 0 Å². The number of hydrogen-bond donors (Lipinski definition) is 2. The van der Waals surface area contributed by atoms with Crippen molar-refractivity contribution in [3.63, 3.8) is 0 Å². The van der Waals surface area contributed by atoms with Gasteiger partial charge in [0.1, 0.15) is 6.10 Å². The first kappa shape index (κ1) is 14.1. The molecular weight excluding hydrogens is 252 g/mol. The molecule has 0 radical (unpaired) electrons. The molecule has 0 saturated carbocycles. The van der Waals surface area contributed by atoms with Gasteiger partial charge < -0.3 is 24.4 Å². The number of aliphatic hydroxyl groups excluding tert-OH is 2. The molecule has 0 amide bonds. The van der Waals surface area contributed by atoms with Gasteiger partial charge in [-0.2, -0.15) is 0 Å². The summed E-state index contributed by atoms with van der Waals surface area (Å²) >= 11 is 0. The molecule has 0 aromatic heterocycles. The average molecular weight is 272 g/mol. The van der Waals surface area contributed by atoms with Crippen molar-refractivity contribution in [2.45, 2.75) is 57.5 Å². The molecule has 3 atom stereocenters. The fraction of sp³-hybridized carbons (Fsp3) is 0.769. The van der Waals surface area contributed by atoms with Crippen LogP contribution in [0, 0.1) is 0 Å². The van der Waals surface area contributed by atoms with Gasteiger partial charge in [0.25, 0.3) is 0 Å². The lowest BCUT2D eigenvalue weighted by atomic mass is 10.1. The van der Waals surface area contributed by atoms with Crippen LogP contribution >= 0.6 is 0 Å². The minimum Gasteiger partial charge on any atom is -0.505 e. The Hall–Kier alpha value is -1.27. The normalized spacial score (nSPS) is 31.0. The molecule has 6 heteroatoms. The van der Waals surface area contributed by atoms with Gasteiger partial charge >= 0.3 is 5.97 Å². The Morgan fingerprint density at radius 2 is 2.05 bits per heavy atom. The summed E-state index contributed by atoms with van der Waals surface area (Å²) in [5, 5.41) is 18.8. The van der Waals surface area contributed by atoms with Crippen LogP contribution < -0.4 is 0 Å². The summed E-state index contributed by atoms with van der Waals surface area (Å²) < 4.78 is 15.9. The molecule has 0 unspecified atom stereocenters. The highest BCUT2D eigenvalue weighted by Crippen LogP contribution is 2.28. The number of ether oxygens (including phenoxy) is 3. The molecule has 0 aliphatic carbocycles. The zero-order chi connectivity index (χ0) is 13.8. The third kappa shape index (κ3) is 3.19. The number of hydrogen-bond acceptors (Lipinski definition) is 6. The second-order valence-electron chi connectivity index (χ2n) is 4.85. The number of carbonyl (C=O) groups excluding carboxylic acids is 1. The van der Waals surface area contributed by atoms with Crippen LogP contribution in [0.25, 0.3) is 0 Å². The van der Waals surface area contributed by atoms with Crippen molar-refractivity contribution in [3.05, 3.63) is 11.5 Å². The van der Waals surface area contributed by atoms with Crippen LogP contribution in [0.4, 0.5) is 0 Å². The van der Waals surface area contributed by atoms with Crippen LogP contribution in [0.15, 0.2) is 11.5 Å². The van der Waals surface area contributed by atoms with E-state index in [9.17, 15) is 15.0 Å². The van der Waals surface area contributed by atoms with Crippen molar-refractivity contribution in [3.8, 4) is 0 Å². The lowest BCUT2D eigenvalue weighted by Gasteiger charge is -2.16. The molecule has 2 heterocycles. The first-order valence-electron chi connectivity index (χ1n) is 6.73. The minimum atomic E-state index is -0.951. The molecule has 0 aromatic rings. The van der Waals surface area contributed by atoms with Gasteiger partial charge in [-0.3, -0.25) is 0 Å². The number of carbonyl (C=O) groups is 1. The molecule has 2 aliphatic rings. The highest BCUT2D eigenvalue weighted by molar-refractivity contribution is 5.89. The van der Waals surface area contributed by atoms with E-state index < -0.39 is 29.7 Å². The number of esters is 1. The standard InChI is InChI=1S/C13H20O6/c1-2-3-4-5-6-9-17-7-8(18-9)12-10(14)11(15)13(16)19-12/h8-9,12,14-15H,2-7H2,1H3/t8-,9-,12-/m1/s1. The number of cyclic esters (lactones) is 1. The van der Waals surface area contributed by atoms with E-state index in [4.69, 9.17) is 14.2 Å². The van der Waals surface area contributed by atoms with E-state index in [1.807, 2.05) is 0 Å². The van der Waals surface area contributed by atoms with Crippen molar-refractivity contribution in [2.24, 2.45) is 0 Å². The van der Waals surface area contributed by atoms with E-state index in [-0.39, 0.29) is 12.9 Å².